The monoisotopic (exact) mass is 254 g/mol. The lowest BCUT2D eigenvalue weighted by Crippen LogP contribution is -2.26. The van der Waals surface area contributed by atoms with E-state index in [0.29, 0.717) is 5.56 Å². The van der Waals surface area contributed by atoms with Crippen molar-refractivity contribution in [2.24, 2.45) is 5.92 Å². The second-order valence-corrected chi connectivity index (χ2v) is 4.31. The summed E-state index contributed by atoms with van der Waals surface area (Å²) in [5.74, 6) is -2.47. The van der Waals surface area contributed by atoms with E-state index in [9.17, 15) is 14.7 Å². The molecule has 0 aliphatic heterocycles. The number of carbonyl (C=O) groups is 2. The Morgan fingerprint density at radius 3 is 1.95 bits per heavy atom. The Kier molecular flexibility index (Phi) is 4.08. The van der Waals surface area contributed by atoms with Gasteiger partial charge >= 0.3 is 5.97 Å². The lowest BCUT2D eigenvalue weighted by Gasteiger charge is -2.11. The van der Waals surface area contributed by atoms with Gasteiger partial charge in [0.05, 0.1) is 0 Å². The minimum Gasteiger partial charge on any atom is -0.481 e. The first-order chi connectivity index (χ1) is 9.18. The van der Waals surface area contributed by atoms with Crippen LogP contribution in [0.2, 0.25) is 0 Å². The summed E-state index contributed by atoms with van der Waals surface area (Å²) in [7, 11) is 0. The third-order valence-electron chi connectivity index (χ3n) is 2.96. The standard InChI is InChI=1S/C16H14O3/c17-15(13-9-5-2-6-10-13)14(16(18)19)11-12-7-3-1-4-8-12/h1-10,14H,11H2,(H,18,19). The van der Waals surface area contributed by atoms with Gasteiger partial charge in [-0.1, -0.05) is 60.7 Å². The zero-order valence-corrected chi connectivity index (χ0v) is 10.3. The van der Waals surface area contributed by atoms with E-state index < -0.39 is 11.9 Å². The highest BCUT2D eigenvalue weighted by molar-refractivity contribution is 6.08. The molecule has 0 heterocycles. The molecule has 0 saturated carbocycles. The summed E-state index contributed by atoms with van der Waals surface area (Å²) in [4.78, 5) is 23.5. The average molecular weight is 254 g/mol. The molecule has 1 atom stereocenters. The van der Waals surface area contributed by atoms with Crippen molar-refractivity contribution in [1.82, 2.24) is 0 Å². The number of Topliss-reactive ketones (excluding diaryl/α,β-unsaturated/α-hetero) is 1. The summed E-state index contributed by atoms with van der Waals surface area (Å²) in [6.45, 7) is 0. The van der Waals surface area contributed by atoms with Crippen LogP contribution in [0, 0.1) is 5.92 Å². The molecule has 1 N–H and O–H groups in total. The van der Waals surface area contributed by atoms with E-state index in [1.54, 1.807) is 30.3 Å². The van der Waals surface area contributed by atoms with Crippen LogP contribution in [0.4, 0.5) is 0 Å². The number of carboxylic acid groups (broad SMARTS) is 1. The summed E-state index contributed by atoms with van der Waals surface area (Å²) < 4.78 is 0. The van der Waals surface area contributed by atoms with Crippen molar-refractivity contribution in [3.8, 4) is 0 Å². The molecule has 2 aromatic carbocycles. The number of ketones is 1. The Morgan fingerprint density at radius 2 is 1.42 bits per heavy atom. The van der Waals surface area contributed by atoms with Gasteiger partial charge in [0.15, 0.2) is 5.78 Å². The average Bonchev–Trinajstić information content (AvgIpc) is 2.46. The van der Waals surface area contributed by atoms with Gasteiger partial charge in [0.1, 0.15) is 5.92 Å². The predicted octanol–water partition coefficient (Wildman–Crippen LogP) is 2.81. The topological polar surface area (TPSA) is 54.4 Å². The lowest BCUT2D eigenvalue weighted by atomic mass is 9.91. The maximum absolute atomic E-state index is 12.2. The summed E-state index contributed by atoms with van der Waals surface area (Å²) in [6, 6.07) is 17.7. The molecule has 0 fully saturated rings. The predicted molar refractivity (Wildman–Crippen MR) is 72.0 cm³/mol. The first-order valence-corrected chi connectivity index (χ1v) is 6.04. The minimum atomic E-state index is -1.09. The number of aliphatic carboxylic acids is 1. The minimum absolute atomic E-state index is 0.212. The third kappa shape index (κ3) is 3.28. The number of hydrogen-bond donors (Lipinski definition) is 1. The van der Waals surface area contributed by atoms with Gasteiger partial charge < -0.3 is 5.11 Å². The van der Waals surface area contributed by atoms with Crippen molar-refractivity contribution in [2.75, 3.05) is 0 Å². The molecule has 3 nitrogen and oxygen atoms in total. The Hall–Kier alpha value is -2.42. The van der Waals surface area contributed by atoms with Crippen molar-refractivity contribution in [3.05, 3.63) is 71.8 Å². The second kappa shape index (κ2) is 5.96. The number of rotatable bonds is 5. The van der Waals surface area contributed by atoms with Crippen molar-refractivity contribution in [1.29, 1.82) is 0 Å². The number of carboxylic acids is 1. The Balaban J connectivity index is 2.22. The van der Waals surface area contributed by atoms with Crippen LogP contribution in [0.25, 0.3) is 0 Å². The van der Waals surface area contributed by atoms with Crippen molar-refractivity contribution >= 4 is 11.8 Å². The van der Waals surface area contributed by atoms with Crippen LogP contribution in [-0.2, 0) is 11.2 Å². The Morgan fingerprint density at radius 1 is 0.895 bits per heavy atom. The van der Waals surface area contributed by atoms with Crippen LogP contribution in [-0.4, -0.2) is 16.9 Å². The van der Waals surface area contributed by atoms with Crippen LogP contribution >= 0.6 is 0 Å². The molecule has 2 aromatic rings. The molecular formula is C16H14O3. The molecule has 0 spiro atoms. The quantitative estimate of drug-likeness (QED) is 0.659. The molecule has 0 saturated heterocycles. The summed E-state index contributed by atoms with van der Waals surface area (Å²) >= 11 is 0. The summed E-state index contributed by atoms with van der Waals surface area (Å²) in [5, 5.41) is 9.25. The number of hydrogen-bond acceptors (Lipinski definition) is 2. The molecule has 0 radical (unpaired) electrons. The van der Waals surface area contributed by atoms with Crippen LogP contribution in [0.15, 0.2) is 60.7 Å². The van der Waals surface area contributed by atoms with E-state index in [2.05, 4.69) is 0 Å². The molecule has 96 valence electrons. The van der Waals surface area contributed by atoms with Crippen LogP contribution in [0.5, 0.6) is 0 Å². The van der Waals surface area contributed by atoms with E-state index in [4.69, 9.17) is 0 Å². The van der Waals surface area contributed by atoms with E-state index in [1.807, 2.05) is 30.3 Å². The normalized spacial score (nSPS) is 11.8. The van der Waals surface area contributed by atoms with Crippen molar-refractivity contribution < 1.29 is 14.7 Å². The first kappa shape index (κ1) is 13.0. The summed E-state index contributed by atoms with van der Waals surface area (Å²) in [6.07, 6.45) is 0.212. The molecule has 3 heteroatoms. The van der Waals surface area contributed by atoms with E-state index in [-0.39, 0.29) is 12.2 Å². The van der Waals surface area contributed by atoms with Gasteiger partial charge in [0.2, 0.25) is 0 Å². The highest BCUT2D eigenvalue weighted by Crippen LogP contribution is 2.15. The van der Waals surface area contributed by atoms with Gasteiger partial charge in [-0.3, -0.25) is 9.59 Å². The van der Waals surface area contributed by atoms with Crippen LogP contribution in [0.1, 0.15) is 15.9 Å². The molecule has 0 amide bonds. The molecule has 0 aliphatic carbocycles. The van der Waals surface area contributed by atoms with Gasteiger partial charge in [0.25, 0.3) is 0 Å². The van der Waals surface area contributed by atoms with Crippen LogP contribution < -0.4 is 0 Å². The molecule has 1 unspecified atom stereocenters. The Bertz CT molecular complexity index is 561. The largest absolute Gasteiger partial charge is 0.481 e. The van der Waals surface area contributed by atoms with Crippen molar-refractivity contribution in [3.63, 3.8) is 0 Å². The van der Waals surface area contributed by atoms with Crippen molar-refractivity contribution in [2.45, 2.75) is 6.42 Å². The fourth-order valence-corrected chi connectivity index (χ4v) is 1.95. The number of carbonyl (C=O) groups excluding carboxylic acids is 1. The first-order valence-electron chi connectivity index (χ1n) is 6.04. The van der Waals surface area contributed by atoms with Gasteiger partial charge in [-0.25, -0.2) is 0 Å². The van der Waals surface area contributed by atoms with Gasteiger partial charge in [-0.15, -0.1) is 0 Å². The highest BCUT2D eigenvalue weighted by Gasteiger charge is 2.27. The zero-order valence-electron chi connectivity index (χ0n) is 10.3. The molecule has 0 aromatic heterocycles. The Labute approximate surface area is 111 Å². The van der Waals surface area contributed by atoms with E-state index in [0.717, 1.165) is 5.56 Å². The van der Waals surface area contributed by atoms with Gasteiger partial charge in [-0.2, -0.15) is 0 Å². The zero-order chi connectivity index (χ0) is 13.7. The molecule has 2 rings (SSSR count). The smallest absolute Gasteiger partial charge is 0.314 e. The molecule has 0 aliphatic rings. The van der Waals surface area contributed by atoms with E-state index in [1.165, 1.54) is 0 Å². The van der Waals surface area contributed by atoms with Gasteiger partial charge in [-0.05, 0) is 12.0 Å². The maximum atomic E-state index is 12.2. The highest BCUT2D eigenvalue weighted by atomic mass is 16.4. The lowest BCUT2D eigenvalue weighted by molar-refractivity contribution is -0.139. The SMILES string of the molecule is O=C(O)C(Cc1ccccc1)C(=O)c1ccccc1. The maximum Gasteiger partial charge on any atom is 0.314 e. The molecule has 0 bridgehead atoms. The van der Waals surface area contributed by atoms with Crippen LogP contribution in [0.3, 0.4) is 0 Å². The fourth-order valence-electron chi connectivity index (χ4n) is 1.95. The number of benzene rings is 2. The third-order valence-corrected chi connectivity index (χ3v) is 2.96. The molecular weight excluding hydrogens is 240 g/mol. The fraction of sp³-hybridized carbons (Fsp3) is 0.125. The molecule has 19 heavy (non-hydrogen) atoms. The van der Waals surface area contributed by atoms with E-state index >= 15 is 0 Å². The summed E-state index contributed by atoms with van der Waals surface area (Å²) in [5.41, 5.74) is 1.28. The van der Waals surface area contributed by atoms with Gasteiger partial charge in [0, 0.05) is 5.56 Å². The second-order valence-electron chi connectivity index (χ2n) is 4.31.